The van der Waals surface area contributed by atoms with Crippen molar-refractivity contribution in [2.75, 3.05) is 32.7 Å². The molecule has 1 aromatic rings. The molecular formula is C20H25N5O. The van der Waals surface area contributed by atoms with E-state index in [1.54, 1.807) is 0 Å². The number of benzene rings is 1. The summed E-state index contributed by atoms with van der Waals surface area (Å²) in [4.78, 5) is 28.2. The van der Waals surface area contributed by atoms with E-state index < -0.39 is 0 Å². The standard InChI is InChI=1S/C20H25N5O/c1-16-15-22-20-19(21-9-10-25(16)20)24-13-11-23(12-14-24)18(26)8-7-17-5-3-2-4-6-17/h2-6,9-10,16H,7-8,11-15H2,1H3/t16-/m0/s1. The van der Waals surface area contributed by atoms with E-state index in [1.807, 2.05) is 35.5 Å². The molecule has 1 aromatic carbocycles. The van der Waals surface area contributed by atoms with Crippen molar-refractivity contribution in [1.82, 2.24) is 14.7 Å². The molecule has 3 aliphatic rings. The number of hydrogen-bond donors (Lipinski definition) is 0. The van der Waals surface area contributed by atoms with Crippen LogP contribution in [-0.4, -0.2) is 71.0 Å². The topological polar surface area (TPSA) is 51.5 Å². The van der Waals surface area contributed by atoms with Gasteiger partial charge < -0.3 is 14.7 Å². The minimum absolute atomic E-state index is 0.243. The summed E-state index contributed by atoms with van der Waals surface area (Å²) < 4.78 is 0. The van der Waals surface area contributed by atoms with Gasteiger partial charge in [0, 0.05) is 45.0 Å². The monoisotopic (exact) mass is 351 g/mol. The number of amidine groups is 2. The zero-order valence-electron chi connectivity index (χ0n) is 15.2. The SMILES string of the molecule is C[C@H]1CN=C2C(N3CCN(C(=O)CCc4ccccc4)CC3)=NC=CN21. The molecule has 3 heterocycles. The van der Waals surface area contributed by atoms with Crippen molar-refractivity contribution in [1.29, 1.82) is 0 Å². The van der Waals surface area contributed by atoms with Crippen LogP contribution >= 0.6 is 0 Å². The lowest BCUT2D eigenvalue weighted by Gasteiger charge is -2.38. The molecule has 0 aliphatic carbocycles. The summed E-state index contributed by atoms with van der Waals surface area (Å²) in [6.45, 7) is 6.11. The third kappa shape index (κ3) is 3.36. The first-order chi connectivity index (χ1) is 12.7. The molecule has 1 fully saturated rings. The van der Waals surface area contributed by atoms with E-state index in [9.17, 15) is 4.79 Å². The number of rotatable bonds is 3. The Balaban J connectivity index is 1.31. The van der Waals surface area contributed by atoms with E-state index >= 15 is 0 Å². The Kier molecular flexibility index (Phi) is 4.73. The molecule has 1 saturated heterocycles. The number of carbonyl (C=O) groups excluding carboxylic acids is 1. The highest BCUT2D eigenvalue weighted by atomic mass is 16.2. The van der Waals surface area contributed by atoms with Crippen molar-refractivity contribution in [3.63, 3.8) is 0 Å². The molecule has 0 spiro atoms. The Bertz CT molecular complexity index is 747. The summed E-state index contributed by atoms with van der Waals surface area (Å²) in [6.07, 6.45) is 5.24. The third-order valence-corrected chi connectivity index (χ3v) is 5.25. The number of amides is 1. The van der Waals surface area contributed by atoms with Crippen LogP contribution in [0.15, 0.2) is 52.7 Å². The largest absolute Gasteiger partial charge is 0.350 e. The van der Waals surface area contributed by atoms with Crippen LogP contribution < -0.4 is 0 Å². The van der Waals surface area contributed by atoms with E-state index in [0.29, 0.717) is 12.5 Å². The Morgan fingerprint density at radius 2 is 1.88 bits per heavy atom. The first-order valence-corrected chi connectivity index (χ1v) is 9.36. The van der Waals surface area contributed by atoms with Gasteiger partial charge in [-0.05, 0) is 18.9 Å². The Hall–Kier alpha value is -2.63. The molecule has 3 aliphatic heterocycles. The minimum atomic E-state index is 0.243. The molecule has 4 rings (SSSR count). The van der Waals surface area contributed by atoms with Crippen molar-refractivity contribution in [3.8, 4) is 0 Å². The zero-order chi connectivity index (χ0) is 17.9. The van der Waals surface area contributed by atoms with Gasteiger partial charge in [0.1, 0.15) is 0 Å². The summed E-state index contributed by atoms with van der Waals surface area (Å²) in [7, 11) is 0. The predicted molar refractivity (Wildman–Crippen MR) is 103 cm³/mol. The number of nitrogens with zero attached hydrogens (tertiary/aromatic N) is 5. The van der Waals surface area contributed by atoms with Crippen LogP contribution in [0.4, 0.5) is 0 Å². The van der Waals surface area contributed by atoms with Gasteiger partial charge in [0.25, 0.3) is 0 Å². The second-order valence-corrected chi connectivity index (χ2v) is 7.02. The van der Waals surface area contributed by atoms with E-state index in [0.717, 1.165) is 50.8 Å². The summed E-state index contributed by atoms with van der Waals surface area (Å²) in [5.41, 5.74) is 1.22. The summed E-state index contributed by atoms with van der Waals surface area (Å²) in [5, 5.41) is 0. The first-order valence-electron chi connectivity index (χ1n) is 9.36. The van der Waals surface area contributed by atoms with Crippen LogP contribution in [0.2, 0.25) is 0 Å². The molecule has 6 heteroatoms. The lowest BCUT2D eigenvalue weighted by Crippen LogP contribution is -2.54. The average molecular weight is 351 g/mol. The maximum absolute atomic E-state index is 12.5. The highest BCUT2D eigenvalue weighted by Crippen LogP contribution is 2.18. The van der Waals surface area contributed by atoms with Crippen molar-refractivity contribution >= 4 is 17.6 Å². The maximum Gasteiger partial charge on any atom is 0.223 e. The fourth-order valence-electron chi connectivity index (χ4n) is 3.68. The molecule has 0 saturated carbocycles. The maximum atomic E-state index is 12.5. The molecule has 136 valence electrons. The molecule has 0 aromatic heterocycles. The van der Waals surface area contributed by atoms with Gasteiger partial charge in [-0.15, -0.1) is 0 Å². The van der Waals surface area contributed by atoms with Gasteiger partial charge in [-0.2, -0.15) is 0 Å². The predicted octanol–water partition coefficient (Wildman–Crippen LogP) is 1.75. The van der Waals surface area contributed by atoms with Gasteiger partial charge in [0.2, 0.25) is 5.91 Å². The van der Waals surface area contributed by atoms with Crippen LogP contribution in [0, 0.1) is 0 Å². The minimum Gasteiger partial charge on any atom is -0.350 e. The lowest BCUT2D eigenvalue weighted by molar-refractivity contribution is -0.132. The first kappa shape index (κ1) is 16.8. The van der Waals surface area contributed by atoms with Gasteiger partial charge in [-0.3, -0.25) is 9.79 Å². The van der Waals surface area contributed by atoms with Crippen molar-refractivity contribution in [2.24, 2.45) is 9.98 Å². The molecule has 0 radical (unpaired) electrons. The fraction of sp³-hybridized carbons (Fsp3) is 0.450. The zero-order valence-corrected chi connectivity index (χ0v) is 15.2. The Morgan fingerprint density at radius 1 is 1.12 bits per heavy atom. The van der Waals surface area contributed by atoms with Crippen LogP contribution in [0.1, 0.15) is 18.9 Å². The van der Waals surface area contributed by atoms with Gasteiger partial charge >= 0.3 is 0 Å². The summed E-state index contributed by atoms with van der Waals surface area (Å²) in [6, 6.07) is 10.6. The quantitative estimate of drug-likeness (QED) is 0.834. The summed E-state index contributed by atoms with van der Waals surface area (Å²) >= 11 is 0. The van der Waals surface area contributed by atoms with E-state index in [2.05, 4.69) is 38.8 Å². The number of aliphatic imine (C=N–C) groups is 2. The Morgan fingerprint density at radius 3 is 2.65 bits per heavy atom. The van der Waals surface area contributed by atoms with Gasteiger partial charge in [0.05, 0.1) is 12.6 Å². The van der Waals surface area contributed by atoms with Crippen LogP contribution in [0.5, 0.6) is 0 Å². The molecular weight excluding hydrogens is 326 g/mol. The highest BCUT2D eigenvalue weighted by Gasteiger charge is 2.32. The molecule has 6 nitrogen and oxygen atoms in total. The number of fused-ring (bicyclic) bond motifs is 1. The average Bonchev–Trinajstić information content (AvgIpc) is 3.08. The van der Waals surface area contributed by atoms with Gasteiger partial charge in [-0.1, -0.05) is 30.3 Å². The second kappa shape index (κ2) is 7.32. The van der Waals surface area contributed by atoms with Gasteiger partial charge in [-0.25, -0.2) is 4.99 Å². The van der Waals surface area contributed by atoms with Crippen LogP contribution in [0.3, 0.4) is 0 Å². The second-order valence-electron chi connectivity index (χ2n) is 7.02. The van der Waals surface area contributed by atoms with Crippen molar-refractivity contribution in [2.45, 2.75) is 25.8 Å². The van der Waals surface area contributed by atoms with Gasteiger partial charge in [0.15, 0.2) is 11.7 Å². The molecule has 26 heavy (non-hydrogen) atoms. The Labute approximate surface area is 154 Å². The number of carbonyl (C=O) groups is 1. The normalized spacial score (nSPS) is 22.2. The van der Waals surface area contributed by atoms with Crippen LogP contribution in [-0.2, 0) is 11.2 Å². The number of aryl methyl sites for hydroxylation is 1. The fourth-order valence-corrected chi connectivity index (χ4v) is 3.68. The van der Waals surface area contributed by atoms with E-state index in [-0.39, 0.29) is 5.91 Å². The van der Waals surface area contributed by atoms with E-state index in [4.69, 9.17) is 0 Å². The number of hydrogen-bond acceptors (Lipinski definition) is 5. The summed E-state index contributed by atoms with van der Waals surface area (Å²) in [5.74, 6) is 2.17. The molecule has 1 atom stereocenters. The molecule has 0 N–H and O–H groups in total. The molecule has 0 unspecified atom stereocenters. The molecule has 0 bridgehead atoms. The number of piperazine rings is 1. The van der Waals surface area contributed by atoms with Crippen LogP contribution in [0.25, 0.3) is 0 Å². The highest BCUT2D eigenvalue weighted by molar-refractivity contribution is 6.41. The van der Waals surface area contributed by atoms with Crippen molar-refractivity contribution < 1.29 is 4.79 Å². The molecule has 1 amide bonds. The lowest BCUT2D eigenvalue weighted by atomic mass is 10.1. The third-order valence-electron chi connectivity index (χ3n) is 5.25. The smallest absolute Gasteiger partial charge is 0.223 e. The van der Waals surface area contributed by atoms with E-state index in [1.165, 1.54) is 5.56 Å². The van der Waals surface area contributed by atoms with Crippen molar-refractivity contribution in [3.05, 3.63) is 48.3 Å².